The number of rotatable bonds is 6. The van der Waals surface area contributed by atoms with Crippen LogP contribution in [-0.2, 0) is 16.4 Å². The minimum Gasteiger partial charge on any atom is -0.373 e. The molecule has 0 spiro atoms. The zero-order valence-corrected chi connectivity index (χ0v) is 18.9. The van der Waals surface area contributed by atoms with E-state index in [9.17, 15) is 22.8 Å². The van der Waals surface area contributed by atoms with Gasteiger partial charge in [0, 0.05) is 18.8 Å². The maximum Gasteiger partial charge on any atom is 0.417 e. The van der Waals surface area contributed by atoms with Crippen LogP contribution < -0.4 is 16.0 Å². The standard InChI is InChI=1S/C23H18ClF4N5O2/c1-29-18-10-17(30-11-31-18)22(7-8-22)21(35)33-16-4-2-3-13(19(16)25)20(34)32-12-5-6-15(24)14(9-12)23(26,27)28/h2-6,9-11H,7-8H2,1H3,(H,32,34)(H,33,35)(H,29,30,31). The molecule has 0 saturated heterocycles. The summed E-state index contributed by atoms with van der Waals surface area (Å²) in [6.07, 6.45) is -2.41. The van der Waals surface area contributed by atoms with Crippen molar-refractivity contribution in [1.29, 1.82) is 0 Å². The van der Waals surface area contributed by atoms with Gasteiger partial charge in [0.2, 0.25) is 5.91 Å². The molecule has 2 aromatic carbocycles. The van der Waals surface area contributed by atoms with Crippen molar-refractivity contribution in [3.63, 3.8) is 0 Å². The average Bonchev–Trinajstić information content (AvgIpc) is 3.63. The number of anilines is 3. The Hall–Kier alpha value is -3.73. The van der Waals surface area contributed by atoms with E-state index in [1.165, 1.54) is 18.5 Å². The van der Waals surface area contributed by atoms with Gasteiger partial charge < -0.3 is 16.0 Å². The quantitative estimate of drug-likeness (QED) is 0.396. The van der Waals surface area contributed by atoms with Crippen molar-refractivity contribution in [3.05, 3.63) is 76.5 Å². The van der Waals surface area contributed by atoms with Gasteiger partial charge in [-0.1, -0.05) is 17.7 Å². The molecule has 1 fully saturated rings. The summed E-state index contributed by atoms with van der Waals surface area (Å²) in [4.78, 5) is 33.8. The Morgan fingerprint density at radius 2 is 1.80 bits per heavy atom. The third-order valence-electron chi connectivity index (χ3n) is 5.62. The van der Waals surface area contributed by atoms with Gasteiger partial charge >= 0.3 is 6.18 Å². The summed E-state index contributed by atoms with van der Waals surface area (Å²) in [7, 11) is 1.67. The van der Waals surface area contributed by atoms with E-state index in [0.29, 0.717) is 30.4 Å². The van der Waals surface area contributed by atoms with Crippen molar-refractivity contribution in [2.24, 2.45) is 0 Å². The molecule has 0 radical (unpaired) electrons. The fourth-order valence-corrected chi connectivity index (χ4v) is 3.77. The third-order valence-corrected chi connectivity index (χ3v) is 5.95. The summed E-state index contributed by atoms with van der Waals surface area (Å²) in [5.74, 6) is -2.00. The van der Waals surface area contributed by atoms with Gasteiger partial charge in [-0.15, -0.1) is 0 Å². The molecule has 4 rings (SSSR count). The lowest BCUT2D eigenvalue weighted by Gasteiger charge is -2.17. The van der Waals surface area contributed by atoms with Crippen molar-refractivity contribution < 1.29 is 27.2 Å². The first-order valence-electron chi connectivity index (χ1n) is 10.3. The van der Waals surface area contributed by atoms with Crippen LogP contribution in [0.25, 0.3) is 0 Å². The smallest absolute Gasteiger partial charge is 0.373 e. The molecule has 1 saturated carbocycles. The maximum absolute atomic E-state index is 15.1. The van der Waals surface area contributed by atoms with Gasteiger partial charge in [0.1, 0.15) is 12.1 Å². The predicted octanol–water partition coefficient (Wildman–Crippen LogP) is 5.25. The van der Waals surface area contributed by atoms with Crippen LogP contribution in [0.2, 0.25) is 5.02 Å². The minimum absolute atomic E-state index is 0.221. The van der Waals surface area contributed by atoms with Gasteiger partial charge in [0.05, 0.1) is 32.9 Å². The highest BCUT2D eigenvalue weighted by molar-refractivity contribution is 6.31. The predicted molar refractivity (Wildman–Crippen MR) is 122 cm³/mol. The van der Waals surface area contributed by atoms with Crippen LogP contribution >= 0.6 is 11.6 Å². The Labute approximate surface area is 201 Å². The Bertz CT molecular complexity index is 1310. The van der Waals surface area contributed by atoms with E-state index in [0.717, 1.165) is 18.2 Å². The normalized spacial score (nSPS) is 14.2. The molecule has 0 bridgehead atoms. The van der Waals surface area contributed by atoms with E-state index >= 15 is 4.39 Å². The number of aromatic nitrogens is 2. The molecule has 3 aromatic rings. The van der Waals surface area contributed by atoms with Crippen LogP contribution in [0.4, 0.5) is 34.8 Å². The van der Waals surface area contributed by atoms with Crippen LogP contribution in [0.1, 0.15) is 34.5 Å². The number of carbonyl (C=O) groups excluding carboxylic acids is 2. The fourth-order valence-electron chi connectivity index (χ4n) is 3.54. The van der Waals surface area contributed by atoms with Gasteiger partial charge in [0.25, 0.3) is 5.91 Å². The lowest BCUT2D eigenvalue weighted by molar-refractivity contribution is -0.137. The number of nitrogens with one attached hydrogen (secondary N) is 3. The number of nitrogens with zero attached hydrogens (tertiary/aromatic N) is 2. The number of alkyl halides is 3. The van der Waals surface area contributed by atoms with Crippen molar-refractivity contribution >= 4 is 40.6 Å². The summed E-state index contributed by atoms with van der Waals surface area (Å²) in [5, 5.41) is 7.06. The number of carbonyl (C=O) groups is 2. The van der Waals surface area contributed by atoms with E-state index < -0.39 is 45.4 Å². The lowest BCUT2D eigenvalue weighted by atomic mass is 10.0. The molecule has 182 valence electrons. The van der Waals surface area contributed by atoms with Crippen molar-refractivity contribution in [2.45, 2.75) is 24.4 Å². The first kappa shape index (κ1) is 24.4. The summed E-state index contributed by atoms with van der Waals surface area (Å²) in [6, 6.07) is 8.21. The Balaban J connectivity index is 1.54. The number of hydrogen-bond acceptors (Lipinski definition) is 5. The first-order chi connectivity index (χ1) is 16.5. The molecule has 1 aliphatic carbocycles. The molecule has 0 atom stereocenters. The third kappa shape index (κ3) is 4.90. The highest BCUT2D eigenvalue weighted by atomic mass is 35.5. The van der Waals surface area contributed by atoms with Crippen molar-refractivity contribution in [3.8, 4) is 0 Å². The topological polar surface area (TPSA) is 96.0 Å². The second kappa shape index (κ2) is 9.14. The zero-order chi connectivity index (χ0) is 25.4. The van der Waals surface area contributed by atoms with E-state index in [4.69, 9.17) is 11.6 Å². The number of amides is 2. The zero-order valence-electron chi connectivity index (χ0n) is 18.1. The highest BCUT2D eigenvalue weighted by Gasteiger charge is 2.53. The van der Waals surface area contributed by atoms with E-state index in [2.05, 4.69) is 25.9 Å². The summed E-state index contributed by atoms with van der Waals surface area (Å²) < 4.78 is 54.4. The summed E-state index contributed by atoms with van der Waals surface area (Å²) >= 11 is 5.59. The van der Waals surface area contributed by atoms with Crippen LogP contribution in [0.5, 0.6) is 0 Å². The van der Waals surface area contributed by atoms with E-state index in [1.807, 2.05) is 0 Å². The van der Waals surface area contributed by atoms with Crippen LogP contribution in [0.15, 0.2) is 48.8 Å². The lowest BCUT2D eigenvalue weighted by Crippen LogP contribution is -2.29. The summed E-state index contributed by atoms with van der Waals surface area (Å²) in [5.41, 5.74) is -2.54. The molecule has 1 aliphatic rings. The molecule has 12 heteroatoms. The molecule has 35 heavy (non-hydrogen) atoms. The number of benzene rings is 2. The molecule has 2 amide bonds. The van der Waals surface area contributed by atoms with Crippen LogP contribution in [0.3, 0.4) is 0 Å². The molecule has 0 aliphatic heterocycles. The van der Waals surface area contributed by atoms with Gasteiger partial charge in [-0.05, 0) is 43.2 Å². The largest absolute Gasteiger partial charge is 0.417 e. The van der Waals surface area contributed by atoms with Crippen LogP contribution in [-0.4, -0.2) is 28.8 Å². The fraction of sp³-hybridized carbons (Fsp3) is 0.217. The van der Waals surface area contributed by atoms with Crippen LogP contribution in [0, 0.1) is 5.82 Å². The molecular formula is C23H18ClF4N5O2. The second-order valence-electron chi connectivity index (χ2n) is 7.89. The number of halogens is 5. The molecule has 7 nitrogen and oxygen atoms in total. The van der Waals surface area contributed by atoms with E-state index in [-0.39, 0.29) is 11.4 Å². The van der Waals surface area contributed by atoms with E-state index in [1.54, 1.807) is 13.1 Å². The maximum atomic E-state index is 15.1. The SMILES string of the molecule is CNc1cc(C2(C(=O)Nc3cccc(C(=O)Nc4ccc(Cl)c(C(F)(F)F)c4)c3F)CC2)ncn1. The highest BCUT2D eigenvalue weighted by Crippen LogP contribution is 2.48. The summed E-state index contributed by atoms with van der Waals surface area (Å²) in [6.45, 7) is 0. The molecule has 1 aromatic heterocycles. The second-order valence-corrected chi connectivity index (χ2v) is 8.30. The van der Waals surface area contributed by atoms with Crippen molar-refractivity contribution in [1.82, 2.24) is 9.97 Å². The molecule has 0 unspecified atom stereocenters. The monoisotopic (exact) mass is 507 g/mol. The van der Waals surface area contributed by atoms with Gasteiger partial charge in [-0.2, -0.15) is 13.2 Å². The first-order valence-corrected chi connectivity index (χ1v) is 10.7. The number of hydrogen-bond donors (Lipinski definition) is 3. The molecule has 3 N–H and O–H groups in total. The van der Waals surface area contributed by atoms with Gasteiger partial charge in [0.15, 0.2) is 5.82 Å². The minimum atomic E-state index is -4.73. The van der Waals surface area contributed by atoms with Gasteiger partial charge in [-0.3, -0.25) is 9.59 Å². The Morgan fingerprint density at radius 3 is 2.46 bits per heavy atom. The molecule has 1 heterocycles. The Kier molecular flexibility index (Phi) is 6.37. The van der Waals surface area contributed by atoms with Gasteiger partial charge in [-0.25, -0.2) is 14.4 Å². The van der Waals surface area contributed by atoms with Crippen molar-refractivity contribution in [2.75, 3.05) is 23.0 Å². The average molecular weight is 508 g/mol. The molecular weight excluding hydrogens is 490 g/mol. The Morgan fingerprint density at radius 1 is 1.06 bits per heavy atom.